The summed E-state index contributed by atoms with van der Waals surface area (Å²) in [7, 11) is 0. The molecule has 0 aliphatic rings. The third-order valence-corrected chi connectivity index (χ3v) is 2.57. The average molecular weight is 328 g/mol. The highest BCUT2D eigenvalue weighted by atomic mass is 35.6. The molecule has 0 aromatic heterocycles. The van der Waals surface area contributed by atoms with E-state index in [4.69, 9.17) is 39.5 Å². The van der Waals surface area contributed by atoms with Crippen molar-refractivity contribution in [2.75, 3.05) is 6.61 Å². The fraction of sp³-hybridized carbons (Fsp3) is 0.417. The Morgan fingerprint density at radius 3 is 2.42 bits per heavy atom. The monoisotopic (exact) mass is 326 g/mol. The molecule has 4 nitrogen and oxygen atoms in total. The molecule has 7 heteroatoms. The maximum Gasteiger partial charge on any atom is 0.511 e. The number of hydrogen-bond acceptors (Lipinski definition) is 4. The number of carbonyl (C=O) groups excluding carboxylic acids is 1. The number of halogens is 3. The van der Waals surface area contributed by atoms with Crippen molar-refractivity contribution in [2.24, 2.45) is 5.92 Å². The van der Waals surface area contributed by atoms with Crippen LogP contribution in [-0.2, 0) is 9.47 Å². The van der Waals surface area contributed by atoms with Gasteiger partial charge in [-0.3, -0.25) is 0 Å². The van der Waals surface area contributed by atoms with Crippen LogP contribution in [0.4, 0.5) is 4.79 Å². The Kier molecular flexibility index (Phi) is 6.20. The molecule has 0 amide bonds. The molecular formula is C12H13Cl3O4. The normalized spacial score (nSPS) is 14.6. The van der Waals surface area contributed by atoms with Gasteiger partial charge in [-0.1, -0.05) is 37.3 Å². The number of ether oxygens (including phenoxy) is 2. The van der Waals surface area contributed by atoms with Crippen LogP contribution in [0.3, 0.4) is 0 Å². The molecule has 0 radical (unpaired) electrons. The molecule has 0 aliphatic carbocycles. The summed E-state index contributed by atoms with van der Waals surface area (Å²) in [6.07, 6.45) is -1.87. The first-order valence-electron chi connectivity index (χ1n) is 5.45. The zero-order valence-electron chi connectivity index (χ0n) is 10.1. The van der Waals surface area contributed by atoms with Crippen molar-refractivity contribution in [2.45, 2.75) is 17.0 Å². The third kappa shape index (κ3) is 6.34. The van der Waals surface area contributed by atoms with Crippen molar-refractivity contribution in [3.05, 3.63) is 35.9 Å². The second kappa shape index (κ2) is 7.20. The zero-order valence-corrected chi connectivity index (χ0v) is 12.3. The predicted octanol–water partition coefficient (Wildman–Crippen LogP) is 3.84. The molecule has 0 fully saturated rings. The van der Waals surface area contributed by atoms with Gasteiger partial charge < -0.3 is 14.6 Å². The Morgan fingerprint density at radius 2 is 1.89 bits per heavy atom. The van der Waals surface area contributed by atoms with Gasteiger partial charge in [0.15, 0.2) is 0 Å². The van der Waals surface area contributed by atoms with Crippen LogP contribution in [-0.4, -0.2) is 21.8 Å². The number of rotatable bonds is 4. The number of benzene rings is 1. The fourth-order valence-corrected chi connectivity index (χ4v) is 1.58. The number of alkyl halides is 3. The van der Waals surface area contributed by atoms with Crippen LogP contribution in [0.25, 0.3) is 0 Å². The van der Waals surface area contributed by atoms with E-state index in [1.165, 1.54) is 0 Å². The molecule has 106 valence electrons. The minimum absolute atomic E-state index is 0.0599. The van der Waals surface area contributed by atoms with Gasteiger partial charge >= 0.3 is 10.1 Å². The SMILES string of the molecule is CC(COC(=O)OC(Cl)(Cl)Cl)C(O)c1ccccc1. The van der Waals surface area contributed by atoms with Crippen LogP contribution in [0.5, 0.6) is 0 Å². The molecular weight excluding hydrogens is 314 g/mol. The van der Waals surface area contributed by atoms with E-state index in [1.807, 2.05) is 18.2 Å². The van der Waals surface area contributed by atoms with Gasteiger partial charge in [-0.15, -0.1) is 0 Å². The highest BCUT2D eigenvalue weighted by Gasteiger charge is 2.27. The zero-order chi connectivity index (χ0) is 14.5. The van der Waals surface area contributed by atoms with Gasteiger partial charge in [0.1, 0.15) is 6.61 Å². The lowest BCUT2D eigenvalue weighted by Crippen LogP contribution is -2.22. The number of hydrogen-bond donors (Lipinski definition) is 1. The van der Waals surface area contributed by atoms with Crippen molar-refractivity contribution >= 4 is 41.0 Å². The molecule has 1 N–H and O–H groups in total. The van der Waals surface area contributed by atoms with E-state index >= 15 is 0 Å². The van der Waals surface area contributed by atoms with Gasteiger partial charge in [-0.2, -0.15) is 0 Å². The second-order valence-corrected chi connectivity index (χ2v) is 6.12. The minimum Gasteiger partial charge on any atom is -0.434 e. The lowest BCUT2D eigenvalue weighted by molar-refractivity contribution is 0.0186. The van der Waals surface area contributed by atoms with Crippen LogP contribution in [0.2, 0.25) is 0 Å². The van der Waals surface area contributed by atoms with Crippen LogP contribution in [0.15, 0.2) is 30.3 Å². The first-order chi connectivity index (χ1) is 8.79. The summed E-state index contributed by atoms with van der Waals surface area (Å²) in [6, 6.07) is 9.02. The smallest absolute Gasteiger partial charge is 0.434 e. The number of aliphatic hydroxyl groups is 1. The number of carbonyl (C=O) groups is 1. The molecule has 1 aromatic carbocycles. The Morgan fingerprint density at radius 1 is 1.32 bits per heavy atom. The van der Waals surface area contributed by atoms with E-state index in [9.17, 15) is 9.90 Å². The molecule has 0 bridgehead atoms. The summed E-state index contributed by atoms with van der Waals surface area (Å²) in [4.78, 5) is 11.1. The molecule has 0 aliphatic heterocycles. The largest absolute Gasteiger partial charge is 0.511 e. The second-order valence-electron chi connectivity index (χ2n) is 3.94. The lowest BCUT2D eigenvalue weighted by atomic mass is 9.98. The van der Waals surface area contributed by atoms with E-state index < -0.39 is 16.2 Å². The van der Waals surface area contributed by atoms with Gasteiger partial charge in [0.05, 0.1) is 6.10 Å². The lowest BCUT2D eigenvalue weighted by Gasteiger charge is -2.19. The Labute approximate surface area is 126 Å². The molecule has 1 rings (SSSR count). The molecule has 0 heterocycles. The highest BCUT2D eigenvalue weighted by molar-refractivity contribution is 6.66. The van der Waals surface area contributed by atoms with E-state index in [0.29, 0.717) is 0 Å². The van der Waals surface area contributed by atoms with Gasteiger partial charge in [0.2, 0.25) is 0 Å². The summed E-state index contributed by atoms with van der Waals surface area (Å²) >= 11 is 15.8. The van der Waals surface area contributed by atoms with Crippen LogP contribution in [0.1, 0.15) is 18.6 Å². The maximum atomic E-state index is 11.1. The Bertz CT molecular complexity index is 405. The van der Waals surface area contributed by atoms with Gasteiger partial charge in [-0.05, 0) is 40.4 Å². The van der Waals surface area contributed by atoms with Crippen molar-refractivity contribution < 1.29 is 19.4 Å². The quantitative estimate of drug-likeness (QED) is 0.674. The van der Waals surface area contributed by atoms with E-state index in [-0.39, 0.29) is 12.5 Å². The van der Waals surface area contributed by atoms with Crippen molar-refractivity contribution in [1.82, 2.24) is 0 Å². The molecule has 0 saturated carbocycles. The van der Waals surface area contributed by atoms with Gasteiger partial charge in [-0.25, -0.2) is 4.79 Å². The Hall–Kier alpha value is -0.680. The maximum absolute atomic E-state index is 11.1. The summed E-state index contributed by atoms with van der Waals surface area (Å²) in [5.41, 5.74) is 0.730. The number of aliphatic hydroxyl groups excluding tert-OH is 1. The molecule has 0 spiro atoms. The van der Waals surface area contributed by atoms with Gasteiger partial charge in [0.25, 0.3) is 0 Å². The fourth-order valence-electron chi connectivity index (χ4n) is 1.39. The standard InChI is InChI=1S/C12H13Cl3O4/c1-8(7-18-11(17)19-12(13,14)15)10(16)9-5-3-2-4-6-9/h2-6,8,10,16H,7H2,1H3. The summed E-state index contributed by atoms with van der Waals surface area (Å²) < 4.78 is 6.92. The van der Waals surface area contributed by atoms with E-state index in [1.54, 1.807) is 19.1 Å². The van der Waals surface area contributed by atoms with Crippen molar-refractivity contribution in [3.8, 4) is 0 Å². The van der Waals surface area contributed by atoms with Crippen LogP contribution in [0, 0.1) is 5.92 Å². The molecule has 19 heavy (non-hydrogen) atoms. The van der Waals surface area contributed by atoms with Crippen LogP contribution < -0.4 is 0 Å². The van der Waals surface area contributed by atoms with Crippen molar-refractivity contribution in [1.29, 1.82) is 0 Å². The van der Waals surface area contributed by atoms with Crippen molar-refractivity contribution in [3.63, 3.8) is 0 Å². The molecule has 1 aromatic rings. The topological polar surface area (TPSA) is 55.8 Å². The van der Waals surface area contributed by atoms with E-state index in [2.05, 4.69) is 4.74 Å². The first-order valence-corrected chi connectivity index (χ1v) is 6.58. The summed E-state index contributed by atoms with van der Waals surface area (Å²) in [6.45, 7) is 1.66. The minimum atomic E-state index is -2.15. The predicted molar refractivity (Wildman–Crippen MR) is 73.3 cm³/mol. The van der Waals surface area contributed by atoms with E-state index in [0.717, 1.165) is 5.56 Å². The highest BCUT2D eigenvalue weighted by Crippen LogP contribution is 2.28. The molecule has 2 unspecified atom stereocenters. The first kappa shape index (κ1) is 16.4. The summed E-state index contributed by atoms with van der Waals surface area (Å²) in [5, 5.41) is 10.0. The average Bonchev–Trinajstić information content (AvgIpc) is 2.34. The molecule has 0 saturated heterocycles. The third-order valence-electron chi connectivity index (χ3n) is 2.34. The molecule has 2 atom stereocenters. The van der Waals surface area contributed by atoms with Crippen LogP contribution >= 0.6 is 34.8 Å². The van der Waals surface area contributed by atoms with Gasteiger partial charge in [0, 0.05) is 5.92 Å². The Balaban J connectivity index is 2.43. The summed E-state index contributed by atoms with van der Waals surface area (Å²) in [5.74, 6) is -0.328.